The lowest BCUT2D eigenvalue weighted by atomic mass is 9.71. The molecule has 0 unspecified atom stereocenters. The quantitative estimate of drug-likeness (QED) is 0.734. The maximum atomic E-state index is 5.34. The maximum Gasteiger partial charge on any atom is 0.141 e. The molecule has 0 amide bonds. The average Bonchev–Trinajstić information content (AvgIpc) is 2.97. The van der Waals surface area contributed by atoms with E-state index in [1.54, 1.807) is 6.20 Å². The van der Waals surface area contributed by atoms with Crippen LogP contribution in [-0.2, 0) is 18.3 Å². The van der Waals surface area contributed by atoms with Crippen LogP contribution in [0.25, 0.3) is 5.57 Å². The molecule has 0 N–H and O–H groups in total. The Balaban J connectivity index is 2.09. The molecule has 0 bridgehead atoms. The number of fused-ring (bicyclic) bond motifs is 1. The predicted molar refractivity (Wildman–Crippen MR) is 95.6 cm³/mol. The molecule has 122 valence electrons. The molecule has 1 aromatic heterocycles. The molecule has 0 aliphatic heterocycles. The minimum absolute atomic E-state index is 0.273. The van der Waals surface area contributed by atoms with Crippen LogP contribution in [0.1, 0.15) is 68.6 Å². The van der Waals surface area contributed by atoms with Gasteiger partial charge in [0.05, 0.1) is 6.20 Å². The van der Waals surface area contributed by atoms with Crippen LogP contribution in [0.5, 0.6) is 0 Å². The van der Waals surface area contributed by atoms with E-state index in [2.05, 4.69) is 51.9 Å². The summed E-state index contributed by atoms with van der Waals surface area (Å²) in [5.74, 6) is 0.928. The van der Waals surface area contributed by atoms with Gasteiger partial charge in [-0.3, -0.25) is 0 Å². The van der Waals surface area contributed by atoms with Crippen LogP contribution in [0.2, 0.25) is 0 Å². The number of hydrogen-bond donors (Lipinski definition) is 0. The lowest BCUT2D eigenvalue weighted by Gasteiger charge is -2.34. The highest BCUT2D eigenvalue weighted by atomic mass is 16.5. The van der Waals surface area contributed by atoms with E-state index < -0.39 is 0 Å². The molecule has 2 heteroatoms. The van der Waals surface area contributed by atoms with Gasteiger partial charge < -0.3 is 4.52 Å². The first-order chi connectivity index (χ1) is 10.9. The van der Waals surface area contributed by atoms with Gasteiger partial charge in [0.15, 0.2) is 0 Å². The highest BCUT2D eigenvalue weighted by Crippen LogP contribution is 2.40. The van der Waals surface area contributed by atoms with E-state index in [0.29, 0.717) is 0 Å². The smallest absolute Gasteiger partial charge is 0.141 e. The Morgan fingerprint density at radius 1 is 1.26 bits per heavy atom. The van der Waals surface area contributed by atoms with Gasteiger partial charge >= 0.3 is 0 Å². The molecule has 2 nitrogen and oxygen atoms in total. The lowest BCUT2D eigenvalue weighted by molar-refractivity contribution is 0.391. The highest BCUT2D eigenvalue weighted by Gasteiger charge is 2.28. The van der Waals surface area contributed by atoms with E-state index >= 15 is 0 Å². The Morgan fingerprint density at radius 2 is 2.04 bits per heavy atom. The van der Waals surface area contributed by atoms with Gasteiger partial charge in [0.25, 0.3) is 0 Å². The van der Waals surface area contributed by atoms with E-state index in [-0.39, 0.29) is 5.41 Å². The van der Waals surface area contributed by atoms with Crippen LogP contribution < -0.4 is 0 Å². The fraction of sp³-hybridized carbons (Fsp3) is 0.476. The van der Waals surface area contributed by atoms with Crippen molar-refractivity contribution in [2.75, 3.05) is 0 Å². The van der Waals surface area contributed by atoms with Crippen molar-refractivity contribution in [1.29, 1.82) is 0 Å². The summed E-state index contributed by atoms with van der Waals surface area (Å²) in [5.41, 5.74) is 8.79. The number of allylic oxidation sites excluding steroid dienone is 2. The van der Waals surface area contributed by atoms with E-state index in [4.69, 9.17) is 4.52 Å². The second kappa shape index (κ2) is 5.99. The van der Waals surface area contributed by atoms with E-state index in [1.165, 1.54) is 52.7 Å². The summed E-state index contributed by atoms with van der Waals surface area (Å²) in [4.78, 5) is 0. The number of aromatic nitrogens is 1. The average molecular weight is 309 g/mol. The van der Waals surface area contributed by atoms with Crippen molar-refractivity contribution in [1.82, 2.24) is 5.16 Å². The summed E-state index contributed by atoms with van der Waals surface area (Å²) in [6, 6.07) is 6.82. The van der Waals surface area contributed by atoms with Crippen LogP contribution in [0.4, 0.5) is 0 Å². The standard InChI is InChI=1S/C21H27NO/c1-14(2)18(12-17-8-10-22-23-17)19-13-20-16(11-15(19)3)7-6-9-21(20,4)5/h8,10-11,13H,6-7,9,12H2,1-5H3. The van der Waals surface area contributed by atoms with E-state index in [0.717, 1.165) is 12.2 Å². The third-order valence-electron chi connectivity index (χ3n) is 5.20. The molecule has 0 saturated heterocycles. The van der Waals surface area contributed by atoms with Crippen LogP contribution >= 0.6 is 0 Å². The van der Waals surface area contributed by atoms with Gasteiger partial charge in [0.2, 0.25) is 0 Å². The molecule has 2 aromatic rings. The van der Waals surface area contributed by atoms with Crippen LogP contribution in [0.3, 0.4) is 0 Å². The Labute approximate surface area is 139 Å². The maximum absolute atomic E-state index is 5.34. The summed E-state index contributed by atoms with van der Waals surface area (Å²) in [6.45, 7) is 11.4. The van der Waals surface area contributed by atoms with Crippen molar-refractivity contribution in [3.8, 4) is 0 Å². The zero-order valence-corrected chi connectivity index (χ0v) is 15.0. The van der Waals surface area contributed by atoms with Gasteiger partial charge in [-0.15, -0.1) is 0 Å². The molecule has 1 heterocycles. The van der Waals surface area contributed by atoms with Crippen molar-refractivity contribution in [3.05, 3.63) is 58.0 Å². The van der Waals surface area contributed by atoms with Gasteiger partial charge in [0, 0.05) is 12.5 Å². The van der Waals surface area contributed by atoms with Crippen LogP contribution in [-0.4, -0.2) is 5.16 Å². The molecule has 0 atom stereocenters. The van der Waals surface area contributed by atoms with E-state index in [1.807, 2.05) is 6.07 Å². The highest BCUT2D eigenvalue weighted by molar-refractivity contribution is 5.73. The van der Waals surface area contributed by atoms with Gasteiger partial charge in [-0.25, -0.2) is 0 Å². The first kappa shape index (κ1) is 16.0. The molecule has 0 spiro atoms. The van der Waals surface area contributed by atoms with E-state index in [9.17, 15) is 0 Å². The fourth-order valence-corrected chi connectivity index (χ4v) is 3.83. The Kier molecular flexibility index (Phi) is 4.18. The molecule has 1 aromatic carbocycles. The molecular formula is C21H27NO. The summed E-state index contributed by atoms with van der Waals surface area (Å²) >= 11 is 0. The van der Waals surface area contributed by atoms with Crippen molar-refractivity contribution in [2.24, 2.45) is 0 Å². The number of benzene rings is 1. The second-order valence-corrected chi connectivity index (χ2v) is 7.70. The third-order valence-corrected chi connectivity index (χ3v) is 5.20. The van der Waals surface area contributed by atoms with Crippen molar-refractivity contribution >= 4 is 5.57 Å². The summed E-state index contributed by atoms with van der Waals surface area (Å²) < 4.78 is 5.34. The first-order valence-corrected chi connectivity index (χ1v) is 8.59. The van der Waals surface area contributed by atoms with Gasteiger partial charge in [-0.1, -0.05) is 36.7 Å². The minimum atomic E-state index is 0.273. The zero-order valence-electron chi connectivity index (χ0n) is 15.0. The van der Waals surface area contributed by atoms with Gasteiger partial charge in [0.1, 0.15) is 5.76 Å². The molecule has 0 fully saturated rings. The van der Waals surface area contributed by atoms with Crippen LogP contribution in [0, 0.1) is 6.92 Å². The lowest BCUT2D eigenvalue weighted by Crippen LogP contribution is -2.24. The normalized spacial score (nSPS) is 16.0. The Bertz CT molecular complexity index is 731. The summed E-state index contributed by atoms with van der Waals surface area (Å²) in [7, 11) is 0. The van der Waals surface area contributed by atoms with Gasteiger partial charge in [-0.2, -0.15) is 0 Å². The molecule has 23 heavy (non-hydrogen) atoms. The number of rotatable bonds is 3. The molecular weight excluding hydrogens is 282 g/mol. The number of aryl methyl sites for hydroxylation is 2. The molecule has 1 aliphatic rings. The van der Waals surface area contributed by atoms with Crippen LogP contribution in [0.15, 0.2) is 34.5 Å². The Hall–Kier alpha value is -1.83. The number of nitrogens with zero attached hydrogens (tertiary/aromatic N) is 1. The topological polar surface area (TPSA) is 26.0 Å². The first-order valence-electron chi connectivity index (χ1n) is 8.59. The largest absolute Gasteiger partial charge is 0.361 e. The Morgan fingerprint density at radius 3 is 2.70 bits per heavy atom. The SMILES string of the molecule is CC(C)=C(Cc1ccno1)c1cc2c(cc1C)CCCC2(C)C. The number of hydrogen-bond acceptors (Lipinski definition) is 2. The van der Waals surface area contributed by atoms with Crippen molar-refractivity contribution in [3.63, 3.8) is 0 Å². The summed E-state index contributed by atoms with van der Waals surface area (Å²) in [6.07, 6.45) is 6.32. The predicted octanol–water partition coefficient (Wildman–Crippen LogP) is 5.63. The zero-order chi connectivity index (χ0) is 16.6. The summed E-state index contributed by atoms with van der Waals surface area (Å²) in [5, 5.41) is 3.85. The monoisotopic (exact) mass is 309 g/mol. The molecule has 0 radical (unpaired) electrons. The fourth-order valence-electron chi connectivity index (χ4n) is 3.83. The minimum Gasteiger partial charge on any atom is -0.361 e. The molecule has 0 saturated carbocycles. The molecule has 1 aliphatic carbocycles. The van der Waals surface area contributed by atoms with Gasteiger partial charge in [-0.05, 0) is 73.3 Å². The second-order valence-electron chi connectivity index (χ2n) is 7.70. The van der Waals surface area contributed by atoms with Crippen molar-refractivity contribution < 1.29 is 4.52 Å². The molecule has 3 rings (SSSR count). The van der Waals surface area contributed by atoms with Crippen molar-refractivity contribution in [2.45, 2.75) is 65.7 Å². The third kappa shape index (κ3) is 3.12.